The lowest BCUT2D eigenvalue weighted by atomic mass is 10.0. The number of ether oxygens (including phenoxy) is 1. The Kier molecular flexibility index (Phi) is 3.08. The molecule has 0 radical (unpaired) electrons. The first-order valence-corrected chi connectivity index (χ1v) is 3.32. The molecule has 0 aliphatic rings. The Morgan fingerprint density at radius 2 is 2.22 bits per heavy atom. The van der Waals surface area contributed by atoms with Gasteiger partial charge in [-0.05, 0) is 13.3 Å². The molecule has 0 aromatic rings. The molecule has 0 rings (SSSR count). The number of thiocarbonyl (C=S) groups is 1. The lowest BCUT2D eigenvalue weighted by molar-refractivity contribution is 0.0643. The van der Waals surface area contributed by atoms with Gasteiger partial charge in [0.1, 0.15) is 10.6 Å². The van der Waals surface area contributed by atoms with Gasteiger partial charge in [-0.3, -0.25) is 0 Å². The highest BCUT2D eigenvalue weighted by molar-refractivity contribution is 7.80. The summed E-state index contributed by atoms with van der Waals surface area (Å²) in [5.74, 6) is 0. The van der Waals surface area contributed by atoms with Gasteiger partial charge in [0.25, 0.3) is 0 Å². The van der Waals surface area contributed by atoms with E-state index in [2.05, 4.69) is 0 Å². The minimum Gasteiger partial charge on any atom is -0.391 e. The number of methoxy groups -OCH3 is 1. The lowest BCUT2D eigenvalue weighted by Crippen LogP contribution is -2.40. The number of hydrogen-bond acceptors (Lipinski definition) is 2. The van der Waals surface area contributed by atoms with E-state index in [1.165, 1.54) is 0 Å². The van der Waals surface area contributed by atoms with Gasteiger partial charge in [-0.25, -0.2) is 0 Å². The molecular formula is C6H13NOS. The zero-order valence-electron chi connectivity index (χ0n) is 6.10. The zero-order chi connectivity index (χ0) is 7.49. The molecule has 0 bridgehead atoms. The first-order chi connectivity index (χ1) is 4.06. The third-order valence-corrected chi connectivity index (χ3v) is 2.08. The van der Waals surface area contributed by atoms with E-state index in [4.69, 9.17) is 22.7 Å². The molecule has 0 aromatic heterocycles. The second kappa shape index (κ2) is 3.13. The second-order valence-electron chi connectivity index (χ2n) is 2.15. The summed E-state index contributed by atoms with van der Waals surface area (Å²) in [7, 11) is 1.61. The maximum Gasteiger partial charge on any atom is 0.114 e. The Balaban J connectivity index is 4.09. The monoisotopic (exact) mass is 147 g/mol. The molecule has 0 spiro atoms. The van der Waals surface area contributed by atoms with E-state index in [-0.39, 0.29) is 0 Å². The van der Waals surface area contributed by atoms with Crippen LogP contribution in [0.25, 0.3) is 0 Å². The molecule has 0 aliphatic carbocycles. The predicted octanol–water partition coefficient (Wildman–Crippen LogP) is 1.09. The van der Waals surface area contributed by atoms with Gasteiger partial charge in [-0.1, -0.05) is 19.1 Å². The number of nitrogens with two attached hydrogens (primary N) is 1. The number of rotatable bonds is 3. The van der Waals surface area contributed by atoms with Crippen LogP contribution in [0.15, 0.2) is 0 Å². The van der Waals surface area contributed by atoms with E-state index in [1.807, 2.05) is 13.8 Å². The molecule has 0 amide bonds. The Hall–Kier alpha value is -0.150. The van der Waals surface area contributed by atoms with E-state index >= 15 is 0 Å². The van der Waals surface area contributed by atoms with Crippen molar-refractivity contribution in [2.75, 3.05) is 7.11 Å². The number of hydrogen-bond donors (Lipinski definition) is 1. The Morgan fingerprint density at radius 1 is 1.78 bits per heavy atom. The second-order valence-corrected chi connectivity index (χ2v) is 2.59. The van der Waals surface area contributed by atoms with E-state index in [1.54, 1.807) is 7.11 Å². The smallest absolute Gasteiger partial charge is 0.114 e. The normalized spacial score (nSPS) is 16.8. The van der Waals surface area contributed by atoms with Crippen LogP contribution in [-0.4, -0.2) is 17.7 Å². The van der Waals surface area contributed by atoms with Gasteiger partial charge in [0.05, 0.1) is 0 Å². The first kappa shape index (κ1) is 8.85. The largest absolute Gasteiger partial charge is 0.391 e. The molecule has 0 heterocycles. The summed E-state index contributed by atoms with van der Waals surface area (Å²) in [6.45, 7) is 3.87. The fourth-order valence-corrected chi connectivity index (χ4v) is 0.647. The standard InChI is InChI=1S/C6H13NOS/c1-4-6(2,8-3)5(7)9/h4H2,1-3H3,(H2,7,9). The molecule has 9 heavy (non-hydrogen) atoms. The molecule has 0 saturated heterocycles. The molecular weight excluding hydrogens is 134 g/mol. The van der Waals surface area contributed by atoms with Crippen LogP contribution < -0.4 is 5.73 Å². The fourth-order valence-electron chi connectivity index (χ4n) is 0.419. The molecule has 0 fully saturated rings. The maximum atomic E-state index is 5.40. The van der Waals surface area contributed by atoms with Gasteiger partial charge in [-0.15, -0.1) is 0 Å². The highest BCUT2D eigenvalue weighted by Crippen LogP contribution is 2.13. The van der Waals surface area contributed by atoms with E-state index in [0.717, 1.165) is 6.42 Å². The fraction of sp³-hybridized carbons (Fsp3) is 0.833. The van der Waals surface area contributed by atoms with Crippen LogP contribution in [0.5, 0.6) is 0 Å². The van der Waals surface area contributed by atoms with Gasteiger partial charge < -0.3 is 10.5 Å². The summed E-state index contributed by atoms with van der Waals surface area (Å²) in [5, 5.41) is 0. The maximum absolute atomic E-state index is 5.40. The average Bonchev–Trinajstić information content (AvgIpc) is 1.86. The SMILES string of the molecule is CCC(C)(OC)C(N)=S. The zero-order valence-corrected chi connectivity index (χ0v) is 6.92. The third-order valence-electron chi connectivity index (χ3n) is 1.65. The molecule has 3 heteroatoms. The van der Waals surface area contributed by atoms with Gasteiger partial charge in [0.2, 0.25) is 0 Å². The van der Waals surface area contributed by atoms with Crippen molar-refractivity contribution in [1.29, 1.82) is 0 Å². The quantitative estimate of drug-likeness (QED) is 0.607. The molecule has 1 atom stereocenters. The summed E-state index contributed by atoms with van der Waals surface area (Å²) in [5.41, 5.74) is 4.99. The molecule has 0 aromatic carbocycles. The van der Waals surface area contributed by atoms with Crippen LogP contribution in [0.2, 0.25) is 0 Å². The van der Waals surface area contributed by atoms with Crippen molar-refractivity contribution in [3.8, 4) is 0 Å². The van der Waals surface area contributed by atoms with Crippen molar-refractivity contribution < 1.29 is 4.74 Å². The van der Waals surface area contributed by atoms with Crippen molar-refractivity contribution >= 4 is 17.2 Å². The molecule has 0 saturated carbocycles. The topological polar surface area (TPSA) is 35.2 Å². The first-order valence-electron chi connectivity index (χ1n) is 2.92. The van der Waals surface area contributed by atoms with Crippen molar-refractivity contribution in [2.45, 2.75) is 25.9 Å². The van der Waals surface area contributed by atoms with Crippen molar-refractivity contribution in [3.05, 3.63) is 0 Å². The minimum atomic E-state index is -0.407. The lowest BCUT2D eigenvalue weighted by Gasteiger charge is -2.24. The predicted molar refractivity (Wildman–Crippen MR) is 42.5 cm³/mol. The van der Waals surface area contributed by atoms with Crippen LogP contribution in [0.4, 0.5) is 0 Å². The van der Waals surface area contributed by atoms with E-state index in [0.29, 0.717) is 4.99 Å². The van der Waals surface area contributed by atoms with Gasteiger partial charge >= 0.3 is 0 Å². The summed E-state index contributed by atoms with van der Waals surface area (Å²) in [6.07, 6.45) is 0.818. The molecule has 2 nitrogen and oxygen atoms in total. The molecule has 2 N–H and O–H groups in total. The van der Waals surface area contributed by atoms with Gasteiger partial charge in [0.15, 0.2) is 0 Å². The highest BCUT2D eigenvalue weighted by atomic mass is 32.1. The Morgan fingerprint density at radius 3 is 2.22 bits per heavy atom. The van der Waals surface area contributed by atoms with Crippen molar-refractivity contribution in [2.24, 2.45) is 5.73 Å². The Bertz CT molecular complexity index is 110. The summed E-state index contributed by atoms with van der Waals surface area (Å²) in [4.78, 5) is 0.424. The minimum absolute atomic E-state index is 0.407. The summed E-state index contributed by atoms with van der Waals surface area (Å²) >= 11 is 4.78. The van der Waals surface area contributed by atoms with Crippen LogP contribution in [0, 0.1) is 0 Å². The molecule has 54 valence electrons. The van der Waals surface area contributed by atoms with Crippen LogP contribution in [-0.2, 0) is 4.74 Å². The third kappa shape index (κ3) is 1.91. The summed E-state index contributed by atoms with van der Waals surface area (Å²) in [6, 6.07) is 0. The van der Waals surface area contributed by atoms with Crippen LogP contribution in [0.1, 0.15) is 20.3 Å². The summed E-state index contributed by atoms with van der Waals surface area (Å²) < 4.78 is 5.08. The average molecular weight is 147 g/mol. The van der Waals surface area contributed by atoms with E-state index in [9.17, 15) is 0 Å². The van der Waals surface area contributed by atoms with Crippen molar-refractivity contribution in [3.63, 3.8) is 0 Å². The van der Waals surface area contributed by atoms with Gasteiger partial charge in [-0.2, -0.15) is 0 Å². The molecule has 1 unspecified atom stereocenters. The van der Waals surface area contributed by atoms with Crippen molar-refractivity contribution in [1.82, 2.24) is 0 Å². The molecule has 0 aliphatic heterocycles. The van der Waals surface area contributed by atoms with E-state index < -0.39 is 5.60 Å². The van der Waals surface area contributed by atoms with Gasteiger partial charge in [0, 0.05) is 7.11 Å². The Labute approximate surface area is 61.4 Å². The highest BCUT2D eigenvalue weighted by Gasteiger charge is 2.23. The van der Waals surface area contributed by atoms with Crippen LogP contribution in [0.3, 0.4) is 0 Å². The van der Waals surface area contributed by atoms with Crippen LogP contribution >= 0.6 is 12.2 Å².